The highest BCUT2D eigenvalue weighted by atomic mass is 16.2. The number of benzene rings is 15. The molecule has 15 aromatic rings. The average Bonchev–Trinajstić information content (AvgIpc) is 0.846. The summed E-state index contributed by atoms with van der Waals surface area (Å²) in [5.41, 5.74) is 17.3. The molecule has 15 rings (SSSR count). The van der Waals surface area contributed by atoms with E-state index in [1.54, 1.807) is 0 Å². The van der Waals surface area contributed by atoms with Gasteiger partial charge in [-0.1, -0.05) is 431 Å². The highest BCUT2D eigenvalue weighted by Gasteiger charge is 2.26. The summed E-state index contributed by atoms with van der Waals surface area (Å²) in [5, 5.41) is 0. The van der Waals surface area contributed by atoms with E-state index in [9.17, 15) is 47.9 Å². The van der Waals surface area contributed by atoms with Crippen LogP contribution in [0.15, 0.2) is 449 Å². The van der Waals surface area contributed by atoms with Crippen LogP contribution in [0.5, 0.6) is 0 Å². The van der Waals surface area contributed by atoms with E-state index in [1.165, 1.54) is 11.1 Å². The number of carbonyl (C=O) groups excluding carboxylic acids is 10. The minimum atomic E-state index is -0.156. The van der Waals surface area contributed by atoms with E-state index in [1.807, 2.05) is 469 Å². The van der Waals surface area contributed by atoms with Gasteiger partial charge in [-0.15, -0.1) is 0 Å². The molecule has 0 saturated heterocycles. The second-order valence-electron chi connectivity index (χ2n) is 37.6. The van der Waals surface area contributed by atoms with Gasteiger partial charge in [-0.3, -0.25) is 47.9 Å². The molecule has 0 aliphatic heterocycles. The largest absolute Gasteiger partial charge is 0.378 e. The Hall–Kier alpha value is -15.7. The molecular weight excluding hydrogens is 1770 g/mol. The lowest BCUT2D eigenvalue weighted by Gasteiger charge is -2.19. The standard InChI is InChI=1S/C27H29NO2.C27H28O2.C27H26O2.C26H26O2.C25H25NO2/c1-28(2)25-15-13-23(14-16-25)24(19-26(29)17-21-9-5-3-6-10-21)20-27(30)18-22-11-7-4-8-12-22;2*28-26(18-23-12-6-2-7-13-23)20-25(17-16-22-10-4-1-5-11-22)21-27(29)19-24-14-8-3-9-15-24;27-25(17-22-12-6-2-7-13-22)19-24(16-21-10-4-1-5-11-21)20-26(28)18-23-14-8-3-9-15-23;1-26(2)23-15-13-19(14-16-23)22(17-24(27)20-9-5-3-6-10-20)18-25(28)21-11-7-4-8-12-21/h3-16,24H,17-20H2,1-2H3;1-15,25H,16-21H2;1-17,25H,18-21H2;1-15,24H,16-20H2;3-16,22H,17-18H2,1-2H3/b;;17-16+;;. The van der Waals surface area contributed by atoms with Crippen LogP contribution < -0.4 is 9.80 Å². The first-order valence-electron chi connectivity index (χ1n) is 50.1. The molecule has 0 spiro atoms. The van der Waals surface area contributed by atoms with Crippen LogP contribution >= 0.6 is 0 Å². The Bertz CT molecular complexity index is 6100. The summed E-state index contributed by atoms with van der Waals surface area (Å²) in [6.45, 7) is 0. The third-order valence-electron chi connectivity index (χ3n) is 25.2. The van der Waals surface area contributed by atoms with Gasteiger partial charge >= 0.3 is 0 Å². The molecule has 0 N–H and O–H groups in total. The highest BCUT2D eigenvalue weighted by molar-refractivity contribution is 5.99. The maximum absolute atomic E-state index is 12.8. The maximum Gasteiger partial charge on any atom is 0.163 e. The number of rotatable bonds is 49. The molecular formula is C132H134N2O10. The van der Waals surface area contributed by atoms with Crippen LogP contribution in [0, 0.1) is 17.8 Å². The van der Waals surface area contributed by atoms with Crippen LogP contribution in [-0.2, 0) is 103 Å². The van der Waals surface area contributed by atoms with Crippen LogP contribution in [0.1, 0.15) is 176 Å². The van der Waals surface area contributed by atoms with Crippen LogP contribution in [0.4, 0.5) is 11.4 Å². The topological polar surface area (TPSA) is 177 Å². The fourth-order valence-corrected chi connectivity index (χ4v) is 17.7. The van der Waals surface area contributed by atoms with Gasteiger partial charge in [0, 0.05) is 166 Å². The molecule has 0 atom stereocenters. The van der Waals surface area contributed by atoms with Gasteiger partial charge in [0.1, 0.15) is 46.3 Å². The van der Waals surface area contributed by atoms with Gasteiger partial charge in [0.2, 0.25) is 0 Å². The molecule has 0 unspecified atom stereocenters. The van der Waals surface area contributed by atoms with Gasteiger partial charge in [-0.25, -0.2) is 0 Å². The first kappa shape index (κ1) is 109. The number of Topliss-reactive ketones (excluding diaryl/α,β-unsaturated/α-hetero) is 10. The van der Waals surface area contributed by atoms with Crippen LogP contribution in [-0.4, -0.2) is 86.0 Å². The fourth-order valence-electron chi connectivity index (χ4n) is 17.7. The van der Waals surface area contributed by atoms with Crippen molar-refractivity contribution in [3.05, 3.63) is 532 Å². The lowest BCUT2D eigenvalue weighted by atomic mass is 9.86. The normalized spacial score (nSPS) is 10.8. The summed E-state index contributed by atoms with van der Waals surface area (Å²) in [6, 6.07) is 144. The van der Waals surface area contributed by atoms with E-state index in [4.69, 9.17) is 0 Å². The Balaban J connectivity index is 0.000000172. The van der Waals surface area contributed by atoms with Crippen molar-refractivity contribution in [3.8, 4) is 0 Å². The predicted molar refractivity (Wildman–Crippen MR) is 587 cm³/mol. The Morgan fingerprint density at radius 3 is 0.694 bits per heavy atom. The summed E-state index contributed by atoms with van der Waals surface area (Å²) < 4.78 is 0. The van der Waals surface area contributed by atoms with Gasteiger partial charge in [0.25, 0.3) is 0 Å². The fraction of sp³-hybridized carbons (Fsp3) is 0.227. The van der Waals surface area contributed by atoms with Crippen LogP contribution in [0.25, 0.3) is 6.08 Å². The number of carbonyl (C=O) groups is 10. The second kappa shape index (κ2) is 61.1. The lowest BCUT2D eigenvalue weighted by Crippen LogP contribution is -2.18. The number of nitrogens with zero attached hydrogens (tertiary/aromatic N) is 2. The van der Waals surface area contributed by atoms with Gasteiger partial charge in [0.05, 0.1) is 0 Å². The van der Waals surface area contributed by atoms with Crippen molar-refractivity contribution in [3.63, 3.8) is 0 Å². The lowest BCUT2D eigenvalue weighted by molar-refractivity contribution is -0.123. The summed E-state index contributed by atoms with van der Waals surface area (Å²) in [4.78, 5) is 131. The number of allylic oxidation sites excluding steroid dienone is 1. The minimum Gasteiger partial charge on any atom is -0.378 e. The van der Waals surface area contributed by atoms with Crippen molar-refractivity contribution in [2.45, 2.75) is 147 Å². The third kappa shape index (κ3) is 41.6. The Kier molecular flexibility index (Phi) is 46.2. The summed E-state index contributed by atoms with van der Waals surface area (Å²) >= 11 is 0. The molecule has 12 nitrogen and oxygen atoms in total. The van der Waals surface area contributed by atoms with Crippen molar-refractivity contribution >= 4 is 75.3 Å². The van der Waals surface area contributed by atoms with Crippen LogP contribution in [0.3, 0.4) is 0 Å². The van der Waals surface area contributed by atoms with Crippen LogP contribution in [0.2, 0.25) is 0 Å². The Labute approximate surface area is 852 Å². The third-order valence-corrected chi connectivity index (χ3v) is 25.2. The van der Waals surface area contributed by atoms with Gasteiger partial charge in [-0.2, -0.15) is 0 Å². The second-order valence-corrected chi connectivity index (χ2v) is 37.6. The van der Waals surface area contributed by atoms with Crippen molar-refractivity contribution < 1.29 is 47.9 Å². The van der Waals surface area contributed by atoms with E-state index in [0.717, 1.165) is 91.8 Å². The highest BCUT2D eigenvalue weighted by Crippen LogP contribution is 2.32. The zero-order chi connectivity index (χ0) is 102. The average molecular weight is 1910 g/mol. The first-order chi connectivity index (χ1) is 70.1. The van der Waals surface area contributed by atoms with Gasteiger partial charge < -0.3 is 9.80 Å². The van der Waals surface area contributed by atoms with Gasteiger partial charge in [-0.05, 0) is 145 Å². The monoisotopic (exact) mass is 1910 g/mol. The zero-order valence-electron chi connectivity index (χ0n) is 83.5. The molecule has 0 aromatic heterocycles. The Morgan fingerprint density at radius 1 is 0.215 bits per heavy atom. The van der Waals surface area contributed by atoms with Crippen molar-refractivity contribution in [2.75, 3.05) is 38.0 Å². The number of ketones is 10. The molecule has 0 saturated carbocycles. The number of aryl methyl sites for hydroxylation is 1. The molecule has 144 heavy (non-hydrogen) atoms. The summed E-state index contributed by atoms with van der Waals surface area (Å²) in [7, 11) is 7.98. The van der Waals surface area contributed by atoms with E-state index < -0.39 is 0 Å². The minimum absolute atomic E-state index is 0.0369. The number of hydrogen-bond donors (Lipinski definition) is 0. The van der Waals surface area contributed by atoms with E-state index in [2.05, 4.69) is 24.3 Å². The molecule has 0 aliphatic rings. The first-order valence-corrected chi connectivity index (χ1v) is 50.1. The maximum atomic E-state index is 12.8. The smallest absolute Gasteiger partial charge is 0.163 e. The van der Waals surface area contributed by atoms with Gasteiger partial charge in [0.15, 0.2) is 11.6 Å². The molecule has 0 aliphatic carbocycles. The molecule has 0 heterocycles. The van der Waals surface area contributed by atoms with E-state index in [0.29, 0.717) is 127 Å². The summed E-state index contributed by atoms with van der Waals surface area (Å²) in [5.74, 6) is 1.34. The molecule has 732 valence electrons. The molecule has 12 heteroatoms. The van der Waals surface area contributed by atoms with E-state index >= 15 is 0 Å². The van der Waals surface area contributed by atoms with Crippen molar-refractivity contribution in [1.29, 1.82) is 0 Å². The molecule has 0 bridgehead atoms. The zero-order valence-corrected chi connectivity index (χ0v) is 83.5. The van der Waals surface area contributed by atoms with E-state index in [-0.39, 0.29) is 87.4 Å². The quantitative estimate of drug-likeness (QED) is 0.0330. The predicted octanol–water partition coefficient (Wildman–Crippen LogP) is 27.2. The van der Waals surface area contributed by atoms with Crippen molar-refractivity contribution in [1.82, 2.24) is 0 Å². The number of anilines is 2. The Morgan fingerprint density at radius 2 is 0.431 bits per heavy atom. The molecule has 0 amide bonds. The van der Waals surface area contributed by atoms with Crippen molar-refractivity contribution in [2.24, 2.45) is 17.8 Å². The SMILES string of the molecule is CN(C)c1ccc(C(CC(=O)Cc2ccccc2)CC(=O)Cc2ccccc2)cc1.CN(C)c1ccc(C(CC(=O)c2ccccc2)CC(=O)c2ccccc2)cc1.O=C(Cc1ccccc1)CC(/C=C/c1ccccc1)CC(=O)Cc1ccccc1.O=C(Cc1ccccc1)CC(CC(=O)Cc1ccccc1)Cc1ccccc1.O=C(Cc1ccccc1)CC(CCc1ccccc1)CC(=O)Cc1ccccc1. The molecule has 0 radical (unpaired) electrons. The summed E-state index contributed by atoms with van der Waals surface area (Å²) in [6.07, 6.45) is 13.8. The molecule has 15 aromatic carbocycles. The molecule has 0 fully saturated rings. The number of hydrogen-bond acceptors (Lipinski definition) is 12.